The van der Waals surface area contributed by atoms with Crippen LogP contribution in [-0.2, 0) is 18.3 Å². The van der Waals surface area contributed by atoms with Crippen LogP contribution in [0.5, 0.6) is 0 Å². The van der Waals surface area contributed by atoms with E-state index in [-0.39, 0.29) is 11.7 Å². The van der Waals surface area contributed by atoms with Crippen LogP contribution in [-0.4, -0.2) is 49.6 Å². The molecule has 1 aromatic rings. The second-order valence-corrected chi connectivity index (χ2v) is 5.53. The van der Waals surface area contributed by atoms with E-state index in [1.807, 2.05) is 7.05 Å². The van der Waals surface area contributed by atoms with E-state index in [1.165, 1.54) is 13.2 Å². The largest absolute Gasteiger partial charge is 0.305 e. The standard InChI is InChI=1S/C10H18FN5O2S/c1-14-5-3-4-8(7-14)13-16(19(17)18)9-6-12-15(2)10(9)11/h6,8,13H,3-5,7H2,1-2H3,(H,17,18). The van der Waals surface area contributed by atoms with Gasteiger partial charge < -0.3 is 4.90 Å². The molecule has 2 N–H and O–H groups in total. The third-order valence-electron chi connectivity index (χ3n) is 3.15. The van der Waals surface area contributed by atoms with E-state index in [9.17, 15) is 13.2 Å². The Labute approximate surface area is 113 Å². The molecule has 108 valence electrons. The van der Waals surface area contributed by atoms with Gasteiger partial charge in [-0.15, -0.1) is 0 Å². The number of halogens is 1. The highest BCUT2D eigenvalue weighted by Crippen LogP contribution is 2.19. The summed E-state index contributed by atoms with van der Waals surface area (Å²) in [6, 6.07) is 0.00876. The molecule has 0 amide bonds. The monoisotopic (exact) mass is 291 g/mol. The van der Waals surface area contributed by atoms with Crippen molar-refractivity contribution in [3.8, 4) is 0 Å². The number of nitrogens with zero attached hydrogens (tertiary/aromatic N) is 4. The number of nitrogens with one attached hydrogen (secondary N) is 1. The van der Waals surface area contributed by atoms with Gasteiger partial charge in [0.25, 0.3) is 11.3 Å². The van der Waals surface area contributed by atoms with Crippen LogP contribution in [0.1, 0.15) is 12.8 Å². The van der Waals surface area contributed by atoms with E-state index in [4.69, 9.17) is 0 Å². The number of piperidine rings is 1. The molecular weight excluding hydrogens is 273 g/mol. The Morgan fingerprint density at radius 3 is 2.89 bits per heavy atom. The predicted molar refractivity (Wildman–Crippen MR) is 70.1 cm³/mol. The van der Waals surface area contributed by atoms with Gasteiger partial charge in [0.1, 0.15) is 5.69 Å². The maximum Gasteiger partial charge on any atom is 0.277 e. The zero-order valence-electron chi connectivity index (χ0n) is 10.9. The minimum atomic E-state index is -2.35. The zero-order valence-corrected chi connectivity index (χ0v) is 11.7. The van der Waals surface area contributed by atoms with Crippen molar-refractivity contribution < 1.29 is 13.2 Å². The van der Waals surface area contributed by atoms with Crippen LogP contribution in [0.4, 0.5) is 10.1 Å². The highest BCUT2D eigenvalue weighted by Gasteiger charge is 2.25. The number of rotatable bonds is 4. The Morgan fingerprint density at radius 1 is 1.63 bits per heavy atom. The van der Waals surface area contributed by atoms with Gasteiger partial charge in [-0.2, -0.15) is 13.9 Å². The summed E-state index contributed by atoms with van der Waals surface area (Å²) in [5, 5.41) is 3.73. The average molecular weight is 291 g/mol. The van der Waals surface area contributed by atoms with Crippen LogP contribution in [0.15, 0.2) is 6.20 Å². The van der Waals surface area contributed by atoms with Crippen molar-refractivity contribution in [2.45, 2.75) is 18.9 Å². The number of hydrazine groups is 1. The quantitative estimate of drug-likeness (QED) is 0.608. The molecule has 2 rings (SSSR count). The molecule has 0 spiro atoms. The molecule has 2 heterocycles. The highest BCUT2D eigenvalue weighted by molar-refractivity contribution is 7.80. The van der Waals surface area contributed by atoms with Crippen LogP contribution >= 0.6 is 0 Å². The van der Waals surface area contributed by atoms with Gasteiger partial charge in [0.2, 0.25) is 5.95 Å². The Kier molecular flexibility index (Phi) is 4.50. The minimum Gasteiger partial charge on any atom is -0.305 e. The van der Waals surface area contributed by atoms with Crippen LogP contribution in [0.25, 0.3) is 0 Å². The normalized spacial score (nSPS) is 22.4. The van der Waals surface area contributed by atoms with Crippen molar-refractivity contribution in [3.63, 3.8) is 0 Å². The van der Waals surface area contributed by atoms with E-state index >= 15 is 0 Å². The first-order valence-corrected chi connectivity index (χ1v) is 7.08. The molecule has 7 nitrogen and oxygen atoms in total. The fraction of sp³-hybridized carbons (Fsp3) is 0.700. The molecule has 0 bridgehead atoms. The van der Waals surface area contributed by atoms with Crippen molar-refractivity contribution in [2.75, 3.05) is 24.6 Å². The molecule has 1 aliphatic heterocycles. The van der Waals surface area contributed by atoms with E-state index in [0.717, 1.165) is 35.0 Å². The molecule has 1 aliphatic rings. The first kappa shape index (κ1) is 14.4. The van der Waals surface area contributed by atoms with Gasteiger partial charge in [-0.25, -0.2) is 14.3 Å². The van der Waals surface area contributed by atoms with E-state index < -0.39 is 17.2 Å². The first-order valence-electron chi connectivity index (χ1n) is 6.02. The Hall–Kier alpha value is -1.03. The van der Waals surface area contributed by atoms with Crippen molar-refractivity contribution in [1.29, 1.82) is 0 Å². The Morgan fingerprint density at radius 2 is 2.37 bits per heavy atom. The van der Waals surface area contributed by atoms with E-state index in [0.29, 0.717) is 0 Å². The number of aromatic nitrogens is 2. The van der Waals surface area contributed by atoms with Crippen molar-refractivity contribution in [3.05, 3.63) is 12.1 Å². The summed E-state index contributed by atoms with van der Waals surface area (Å²) in [6.45, 7) is 1.75. The third kappa shape index (κ3) is 3.30. The third-order valence-corrected chi connectivity index (χ3v) is 3.76. The average Bonchev–Trinajstić information content (AvgIpc) is 2.67. The van der Waals surface area contributed by atoms with Crippen molar-refractivity contribution in [2.24, 2.45) is 7.05 Å². The first-order chi connectivity index (χ1) is 8.99. The lowest BCUT2D eigenvalue weighted by atomic mass is 10.1. The number of likely N-dealkylation sites (tertiary alicyclic amines) is 1. The van der Waals surface area contributed by atoms with Crippen LogP contribution in [0, 0.1) is 5.95 Å². The molecular formula is C10H18FN5O2S. The van der Waals surface area contributed by atoms with Gasteiger partial charge in [-0.3, -0.25) is 4.55 Å². The predicted octanol–water partition coefficient (Wildman–Crippen LogP) is 0.101. The molecule has 0 aromatic carbocycles. The summed E-state index contributed by atoms with van der Waals surface area (Å²) in [5.74, 6) is -0.654. The minimum absolute atomic E-state index is 0.00876. The van der Waals surface area contributed by atoms with Crippen molar-refractivity contribution >= 4 is 17.0 Å². The lowest BCUT2D eigenvalue weighted by Gasteiger charge is -2.33. The smallest absolute Gasteiger partial charge is 0.277 e. The van der Waals surface area contributed by atoms with Crippen LogP contribution < -0.4 is 9.84 Å². The number of hydrogen-bond donors (Lipinski definition) is 2. The molecule has 0 saturated carbocycles. The molecule has 1 aromatic heterocycles. The van der Waals surface area contributed by atoms with Gasteiger partial charge in [-0.1, -0.05) is 0 Å². The molecule has 1 fully saturated rings. The maximum atomic E-state index is 13.8. The second-order valence-electron chi connectivity index (χ2n) is 4.70. The lowest BCUT2D eigenvalue weighted by Crippen LogP contribution is -2.52. The number of aryl methyl sites for hydroxylation is 1. The zero-order chi connectivity index (χ0) is 14.0. The van der Waals surface area contributed by atoms with Gasteiger partial charge in [0.05, 0.1) is 6.20 Å². The number of hydrogen-bond acceptors (Lipinski definition) is 4. The van der Waals surface area contributed by atoms with Crippen molar-refractivity contribution in [1.82, 2.24) is 20.1 Å². The summed E-state index contributed by atoms with van der Waals surface area (Å²) in [4.78, 5) is 2.12. The van der Waals surface area contributed by atoms with E-state index in [1.54, 1.807) is 0 Å². The number of likely N-dealkylation sites (N-methyl/N-ethyl adjacent to an activating group) is 1. The van der Waals surface area contributed by atoms with Gasteiger partial charge in [-0.05, 0) is 26.4 Å². The summed E-state index contributed by atoms with van der Waals surface area (Å²) in [7, 11) is 3.42. The van der Waals surface area contributed by atoms with Gasteiger partial charge >= 0.3 is 0 Å². The van der Waals surface area contributed by atoms with Crippen LogP contribution in [0.2, 0.25) is 0 Å². The highest BCUT2D eigenvalue weighted by atomic mass is 32.2. The molecule has 2 unspecified atom stereocenters. The summed E-state index contributed by atoms with van der Waals surface area (Å²) >= 11 is -2.35. The van der Waals surface area contributed by atoms with Gasteiger partial charge in [0, 0.05) is 19.6 Å². The molecule has 1 saturated heterocycles. The fourth-order valence-corrected chi connectivity index (χ4v) is 2.71. The van der Waals surface area contributed by atoms with Crippen LogP contribution in [0.3, 0.4) is 0 Å². The SMILES string of the molecule is CN1CCCC(NN(c2cnn(C)c2F)S(=O)O)C1. The topological polar surface area (TPSA) is 73.6 Å². The second kappa shape index (κ2) is 5.95. The summed E-state index contributed by atoms with van der Waals surface area (Å²) < 4.78 is 36.4. The Balaban J connectivity index is 2.12. The summed E-state index contributed by atoms with van der Waals surface area (Å²) in [5.41, 5.74) is 2.87. The molecule has 19 heavy (non-hydrogen) atoms. The van der Waals surface area contributed by atoms with E-state index in [2.05, 4.69) is 15.4 Å². The lowest BCUT2D eigenvalue weighted by molar-refractivity contribution is 0.229. The maximum absolute atomic E-state index is 13.8. The molecule has 2 atom stereocenters. The fourth-order valence-electron chi connectivity index (χ4n) is 2.18. The Bertz CT molecular complexity index is 469. The molecule has 0 aliphatic carbocycles. The molecule has 9 heteroatoms. The summed E-state index contributed by atoms with van der Waals surface area (Å²) in [6.07, 6.45) is 3.10. The number of anilines is 1. The molecule has 0 radical (unpaired) electrons. The van der Waals surface area contributed by atoms with Gasteiger partial charge in [0.15, 0.2) is 0 Å².